The largest absolute Gasteiger partial charge is 0.357 e. The van der Waals surface area contributed by atoms with Gasteiger partial charge in [-0.3, -0.25) is 4.79 Å². The van der Waals surface area contributed by atoms with E-state index in [4.69, 9.17) is 11.6 Å². The Morgan fingerprint density at radius 1 is 1.29 bits per heavy atom. The maximum Gasteiger partial charge on any atom is 0.208 e. The molecular formula is C9H4ClF2NO. The molecule has 0 aliphatic carbocycles. The Kier molecular flexibility index (Phi) is 2.00. The highest BCUT2D eigenvalue weighted by Gasteiger charge is 2.08. The molecule has 0 bridgehead atoms. The predicted molar refractivity (Wildman–Crippen MR) is 49.5 cm³/mol. The topological polar surface area (TPSA) is 32.9 Å². The van der Waals surface area contributed by atoms with Crippen LogP contribution in [0.4, 0.5) is 8.78 Å². The number of halogens is 3. The first-order valence-corrected chi connectivity index (χ1v) is 4.13. The molecule has 14 heavy (non-hydrogen) atoms. The van der Waals surface area contributed by atoms with Crippen molar-refractivity contribution in [3.05, 3.63) is 45.2 Å². The minimum Gasteiger partial charge on any atom is -0.357 e. The zero-order chi connectivity index (χ0) is 10.3. The molecule has 1 N–H and O–H groups in total. The normalized spacial score (nSPS) is 10.8. The van der Waals surface area contributed by atoms with Crippen LogP contribution in [0.15, 0.2) is 23.1 Å². The number of H-pyrrole nitrogens is 1. The van der Waals surface area contributed by atoms with Gasteiger partial charge in [-0.1, -0.05) is 11.6 Å². The van der Waals surface area contributed by atoms with Crippen LogP contribution in [0, 0.1) is 11.6 Å². The third kappa shape index (κ3) is 1.28. The van der Waals surface area contributed by atoms with Crippen molar-refractivity contribution in [2.45, 2.75) is 0 Å². The van der Waals surface area contributed by atoms with E-state index >= 15 is 0 Å². The lowest BCUT2D eigenvalue weighted by molar-refractivity contribution is 0.590. The van der Waals surface area contributed by atoms with Crippen LogP contribution in [-0.2, 0) is 0 Å². The van der Waals surface area contributed by atoms with E-state index in [1.54, 1.807) is 0 Å². The van der Waals surface area contributed by atoms with E-state index < -0.39 is 17.1 Å². The average Bonchev–Trinajstić information content (AvgIpc) is 2.12. The van der Waals surface area contributed by atoms with E-state index in [9.17, 15) is 13.6 Å². The minimum absolute atomic E-state index is 0.0409. The Hall–Kier alpha value is -1.42. The molecule has 1 aromatic heterocycles. The highest BCUT2D eigenvalue weighted by Crippen LogP contribution is 2.15. The fourth-order valence-electron chi connectivity index (χ4n) is 1.23. The summed E-state index contributed by atoms with van der Waals surface area (Å²) in [6, 6.07) is 1.65. The van der Waals surface area contributed by atoms with Crippen molar-refractivity contribution in [3.63, 3.8) is 0 Å². The number of benzene rings is 1. The summed E-state index contributed by atoms with van der Waals surface area (Å²) < 4.78 is 25.9. The molecule has 5 heteroatoms. The van der Waals surface area contributed by atoms with Crippen molar-refractivity contribution in [2.24, 2.45) is 0 Å². The van der Waals surface area contributed by atoms with Crippen LogP contribution in [0.2, 0.25) is 5.02 Å². The van der Waals surface area contributed by atoms with E-state index in [1.165, 1.54) is 6.20 Å². The van der Waals surface area contributed by atoms with Gasteiger partial charge in [-0.2, -0.15) is 0 Å². The molecule has 0 aliphatic rings. The standard InChI is InChI=1S/C9H4ClF2NO/c10-6-3-13-8-5(9(6)14)1-4(11)2-7(8)12/h1-3H,(H,13,14). The molecule has 0 radical (unpaired) electrons. The molecular weight excluding hydrogens is 212 g/mol. The van der Waals surface area contributed by atoms with Crippen LogP contribution in [0.25, 0.3) is 10.9 Å². The lowest BCUT2D eigenvalue weighted by atomic mass is 10.2. The van der Waals surface area contributed by atoms with Gasteiger partial charge in [-0.05, 0) is 6.07 Å². The van der Waals surface area contributed by atoms with Crippen molar-refractivity contribution in [2.75, 3.05) is 0 Å². The number of nitrogens with one attached hydrogen (secondary N) is 1. The molecule has 2 rings (SSSR count). The van der Waals surface area contributed by atoms with Crippen LogP contribution in [0.5, 0.6) is 0 Å². The fraction of sp³-hybridized carbons (Fsp3) is 0. The summed E-state index contributed by atoms with van der Waals surface area (Å²) in [5, 5.41) is -0.183. The van der Waals surface area contributed by atoms with Gasteiger partial charge in [0.15, 0.2) is 0 Å². The first-order chi connectivity index (χ1) is 6.59. The second kappa shape index (κ2) is 3.06. The lowest BCUT2D eigenvalue weighted by Crippen LogP contribution is -2.04. The zero-order valence-corrected chi connectivity index (χ0v) is 7.53. The monoisotopic (exact) mass is 215 g/mol. The number of pyridine rings is 1. The molecule has 2 aromatic rings. The average molecular weight is 216 g/mol. The molecule has 0 spiro atoms. The van der Waals surface area contributed by atoms with Crippen molar-refractivity contribution >= 4 is 22.5 Å². The lowest BCUT2D eigenvalue weighted by Gasteiger charge is -1.99. The van der Waals surface area contributed by atoms with Gasteiger partial charge in [0.05, 0.1) is 10.9 Å². The Labute approximate surface area is 82.1 Å². The zero-order valence-electron chi connectivity index (χ0n) is 6.77. The molecule has 72 valence electrons. The Balaban J connectivity index is 3.03. The SMILES string of the molecule is O=c1c(Cl)c[nH]c2c(F)cc(F)cc12. The second-order valence-electron chi connectivity index (χ2n) is 2.78. The second-order valence-corrected chi connectivity index (χ2v) is 3.18. The first-order valence-electron chi connectivity index (χ1n) is 3.75. The molecule has 1 aromatic carbocycles. The predicted octanol–water partition coefficient (Wildman–Crippen LogP) is 2.46. The highest BCUT2D eigenvalue weighted by atomic mass is 35.5. The summed E-state index contributed by atoms with van der Waals surface area (Å²) in [6.07, 6.45) is 1.17. The number of hydrogen-bond donors (Lipinski definition) is 1. The summed E-state index contributed by atoms with van der Waals surface area (Å²) in [7, 11) is 0. The maximum absolute atomic E-state index is 13.1. The number of rotatable bonds is 0. The third-order valence-electron chi connectivity index (χ3n) is 1.86. The molecule has 0 fully saturated rings. The number of fused-ring (bicyclic) bond motifs is 1. The molecule has 0 amide bonds. The number of hydrogen-bond acceptors (Lipinski definition) is 1. The summed E-state index contributed by atoms with van der Waals surface area (Å²) >= 11 is 5.50. The fourth-order valence-corrected chi connectivity index (χ4v) is 1.39. The minimum atomic E-state index is -0.811. The number of aromatic amines is 1. The quantitative estimate of drug-likeness (QED) is 0.720. The van der Waals surface area contributed by atoms with Gasteiger partial charge in [0, 0.05) is 12.3 Å². The van der Waals surface area contributed by atoms with Gasteiger partial charge in [-0.15, -0.1) is 0 Å². The van der Waals surface area contributed by atoms with E-state index in [1.807, 2.05) is 0 Å². The summed E-state index contributed by atoms with van der Waals surface area (Å²) in [5.74, 6) is -1.61. The van der Waals surface area contributed by atoms with Crippen LogP contribution >= 0.6 is 11.6 Å². The Morgan fingerprint density at radius 2 is 2.00 bits per heavy atom. The third-order valence-corrected chi connectivity index (χ3v) is 2.14. The van der Waals surface area contributed by atoms with Crippen molar-refractivity contribution in [1.82, 2.24) is 4.98 Å². The first kappa shape index (κ1) is 9.15. The molecule has 1 heterocycles. The summed E-state index contributed by atoms with van der Waals surface area (Å²) in [4.78, 5) is 13.8. The van der Waals surface area contributed by atoms with Gasteiger partial charge in [0.1, 0.15) is 16.7 Å². The summed E-state index contributed by atoms with van der Waals surface area (Å²) in [5.41, 5.74) is -0.625. The molecule has 0 saturated carbocycles. The Morgan fingerprint density at radius 3 is 2.71 bits per heavy atom. The molecule has 0 unspecified atom stereocenters. The summed E-state index contributed by atoms with van der Waals surface area (Å²) in [6.45, 7) is 0. The van der Waals surface area contributed by atoms with E-state index in [-0.39, 0.29) is 15.9 Å². The highest BCUT2D eigenvalue weighted by molar-refractivity contribution is 6.31. The van der Waals surface area contributed by atoms with E-state index in [2.05, 4.69) is 4.98 Å². The molecule has 0 aliphatic heterocycles. The van der Waals surface area contributed by atoms with E-state index in [0.29, 0.717) is 6.07 Å². The van der Waals surface area contributed by atoms with Gasteiger partial charge < -0.3 is 4.98 Å². The smallest absolute Gasteiger partial charge is 0.208 e. The van der Waals surface area contributed by atoms with Crippen LogP contribution in [0.3, 0.4) is 0 Å². The van der Waals surface area contributed by atoms with Crippen LogP contribution in [0.1, 0.15) is 0 Å². The van der Waals surface area contributed by atoms with Crippen molar-refractivity contribution in [1.29, 1.82) is 0 Å². The van der Waals surface area contributed by atoms with Gasteiger partial charge >= 0.3 is 0 Å². The van der Waals surface area contributed by atoms with Crippen LogP contribution in [-0.4, -0.2) is 4.98 Å². The molecule has 0 saturated heterocycles. The molecule has 2 nitrogen and oxygen atoms in total. The van der Waals surface area contributed by atoms with Gasteiger partial charge in [0.2, 0.25) is 5.43 Å². The van der Waals surface area contributed by atoms with Crippen LogP contribution < -0.4 is 5.43 Å². The van der Waals surface area contributed by atoms with Gasteiger partial charge in [0.25, 0.3) is 0 Å². The van der Waals surface area contributed by atoms with Gasteiger partial charge in [-0.25, -0.2) is 8.78 Å². The number of aromatic nitrogens is 1. The maximum atomic E-state index is 13.1. The molecule has 0 atom stereocenters. The van der Waals surface area contributed by atoms with E-state index in [0.717, 1.165) is 6.07 Å². The van der Waals surface area contributed by atoms with Crippen molar-refractivity contribution in [3.8, 4) is 0 Å². The Bertz CT molecular complexity index is 564. The van der Waals surface area contributed by atoms with Crippen molar-refractivity contribution < 1.29 is 8.78 Å².